The maximum absolute atomic E-state index is 12.3. The van der Waals surface area contributed by atoms with Crippen molar-refractivity contribution < 1.29 is 19.1 Å². The fraction of sp³-hybridized carbons (Fsp3) is 0.533. The smallest absolute Gasteiger partial charge is 0.324 e. The number of carbonyl (C=O) groups excluding carboxylic acids is 2. The highest BCUT2D eigenvalue weighted by Crippen LogP contribution is 2.52. The second-order valence-electron chi connectivity index (χ2n) is 6.01. The summed E-state index contributed by atoms with van der Waals surface area (Å²) in [7, 11) is 0. The summed E-state index contributed by atoms with van der Waals surface area (Å²) in [5.41, 5.74) is -1.42. The van der Waals surface area contributed by atoms with E-state index in [1.165, 1.54) is 11.3 Å². The molecule has 0 aliphatic carbocycles. The Hall–Kier alpha value is -1.89. The van der Waals surface area contributed by atoms with Crippen molar-refractivity contribution in [2.75, 3.05) is 11.9 Å². The number of hydrogen-bond acceptors (Lipinski definition) is 7. The molecular weight excluding hydrogens is 304 g/mol. The number of rotatable bonds is 4. The fourth-order valence-corrected chi connectivity index (χ4v) is 3.95. The third-order valence-corrected chi connectivity index (χ3v) is 4.93. The van der Waals surface area contributed by atoms with Crippen molar-refractivity contribution in [3.8, 4) is 0 Å². The van der Waals surface area contributed by atoms with Crippen LogP contribution in [-0.4, -0.2) is 29.6 Å². The fourth-order valence-electron chi connectivity index (χ4n) is 3.11. The summed E-state index contributed by atoms with van der Waals surface area (Å²) in [4.78, 5) is 28.9. The molecule has 2 aliphatic heterocycles. The highest BCUT2D eigenvalue weighted by Gasteiger charge is 2.65. The van der Waals surface area contributed by atoms with E-state index in [1.807, 2.05) is 5.38 Å². The van der Waals surface area contributed by atoms with Crippen LogP contribution in [-0.2, 0) is 24.7 Å². The lowest BCUT2D eigenvalue weighted by molar-refractivity contribution is -0.160. The molecule has 6 nitrogen and oxygen atoms in total. The molecule has 0 bridgehead atoms. The first-order chi connectivity index (χ1) is 10.4. The predicted octanol–water partition coefficient (Wildman–Crippen LogP) is 2.22. The van der Waals surface area contributed by atoms with Gasteiger partial charge in [0, 0.05) is 24.8 Å². The van der Waals surface area contributed by atoms with Gasteiger partial charge in [0.25, 0.3) is 0 Å². The monoisotopic (exact) mass is 322 g/mol. The van der Waals surface area contributed by atoms with E-state index in [9.17, 15) is 9.59 Å². The van der Waals surface area contributed by atoms with E-state index in [4.69, 9.17) is 9.47 Å². The Kier molecular flexibility index (Phi) is 3.47. The first kappa shape index (κ1) is 15.0. The Morgan fingerprint density at radius 3 is 2.95 bits per heavy atom. The molecular formula is C15H18N2O4S. The molecule has 118 valence electrons. The number of ether oxygens (including phenoxy) is 2. The molecule has 2 fully saturated rings. The molecule has 2 saturated heterocycles. The van der Waals surface area contributed by atoms with Crippen LogP contribution in [0, 0.1) is 5.41 Å². The predicted molar refractivity (Wildman–Crippen MR) is 81.5 cm³/mol. The molecule has 1 spiro atoms. The minimum Gasteiger partial charge on any atom is -0.462 e. The average molecular weight is 322 g/mol. The molecule has 3 atom stereocenters. The molecule has 3 rings (SSSR count). The molecule has 0 unspecified atom stereocenters. The van der Waals surface area contributed by atoms with Gasteiger partial charge in [-0.25, -0.2) is 4.98 Å². The van der Waals surface area contributed by atoms with Gasteiger partial charge in [0.05, 0.1) is 5.69 Å². The summed E-state index contributed by atoms with van der Waals surface area (Å²) in [5.74, 6) is -0.980. The van der Waals surface area contributed by atoms with Crippen molar-refractivity contribution in [1.82, 2.24) is 4.98 Å². The van der Waals surface area contributed by atoms with E-state index in [1.54, 1.807) is 19.9 Å². The van der Waals surface area contributed by atoms with Gasteiger partial charge < -0.3 is 14.8 Å². The molecule has 1 aromatic heterocycles. The minimum absolute atomic E-state index is 0.261. The number of aromatic nitrogens is 1. The summed E-state index contributed by atoms with van der Waals surface area (Å²) in [5, 5.41) is 5.68. The summed E-state index contributed by atoms with van der Waals surface area (Å²) in [6.45, 7) is 7.83. The molecule has 1 aromatic rings. The van der Waals surface area contributed by atoms with E-state index in [0.29, 0.717) is 18.7 Å². The molecule has 0 aromatic carbocycles. The minimum atomic E-state index is -1.17. The number of thiazole rings is 1. The Labute approximate surface area is 132 Å². The first-order valence-electron chi connectivity index (χ1n) is 7.15. The zero-order valence-electron chi connectivity index (χ0n) is 12.5. The van der Waals surface area contributed by atoms with E-state index in [0.717, 1.165) is 5.13 Å². The molecule has 0 saturated carbocycles. The number of nitrogens with zero attached hydrogens (tertiary/aromatic N) is 1. The summed E-state index contributed by atoms with van der Waals surface area (Å²) >= 11 is 1.43. The van der Waals surface area contributed by atoms with Gasteiger partial charge in [0.2, 0.25) is 0 Å². The maximum Gasteiger partial charge on any atom is 0.324 e. The third-order valence-electron chi connectivity index (χ3n) is 4.13. The lowest BCUT2D eigenvalue weighted by Crippen LogP contribution is -2.31. The van der Waals surface area contributed by atoms with Crippen molar-refractivity contribution in [3.05, 3.63) is 23.7 Å². The van der Waals surface area contributed by atoms with Crippen molar-refractivity contribution in [1.29, 1.82) is 0 Å². The number of anilines is 1. The summed E-state index contributed by atoms with van der Waals surface area (Å²) in [6.07, 6.45) is 2.12. The molecule has 0 amide bonds. The summed E-state index contributed by atoms with van der Waals surface area (Å²) in [6, 6.07) is 0. The molecule has 1 N–H and O–H groups in total. The van der Waals surface area contributed by atoms with E-state index in [-0.39, 0.29) is 12.5 Å². The highest BCUT2D eigenvalue weighted by molar-refractivity contribution is 7.13. The van der Waals surface area contributed by atoms with Crippen molar-refractivity contribution in [2.45, 2.75) is 38.4 Å². The third kappa shape index (κ3) is 2.20. The second-order valence-corrected chi connectivity index (χ2v) is 6.86. The average Bonchev–Trinajstić information content (AvgIpc) is 3.08. The number of carbonyl (C=O) groups is 2. The molecule has 2 aliphatic rings. The van der Waals surface area contributed by atoms with Gasteiger partial charge in [-0.3, -0.25) is 9.59 Å². The topological polar surface area (TPSA) is 77.5 Å². The van der Waals surface area contributed by atoms with Crippen LogP contribution in [0.3, 0.4) is 0 Å². The summed E-state index contributed by atoms with van der Waals surface area (Å²) < 4.78 is 10.7. The van der Waals surface area contributed by atoms with Gasteiger partial charge in [-0.05, 0) is 13.8 Å². The van der Waals surface area contributed by atoms with Crippen LogP contribution in [0.4, 0.5) is 5.13 Å². The van der Waals surface area contributed by atoms with Gasteiger partial charge in [0.1, 0.15) is 6.10 Å². The van der Waals surface area contributed by atoms with Crippen LogP contribution in [0.25, 0.3) is 0 Å². The number of esters is 2. The van der Waals surface area contributed by atoms with E-state index in [2.05, 4.69) is 16.9 Å². The Morgan fingerprint density at radius 1 is 1.55 bits per heavy atom. The van der Waals surface area contributed by atoms with Crippen molar-refractivity contribution in [3.63, 3.8) is 0 Å². The van der Waals surface area contributed by atoms with Crippen LogP contribution in [0.15, 0.2) is 18.0 Å². The van der Waals surface area contributed by atoms with Crippen LogP contribution in [0.1, 0.15) is 32.4 Å². The van der Waals surface area contributed by atoms with Crippen molar-refractivity contribution in [2.24, 2.45) is 5.41 Å². The van der Waals surface area contributed by atoms with Gasteiger partial charge >= 0.3 is 11.9 Å². The van der Waals surface area contributed by atoms with Crippen LogP contribution in [0.2, 0.25) is 0 Å². The lowest BCUT2D eigenvalue weighted by Gasteiger charge is -2.20. The van der Waals surface area contributed by atoms with Crippen molar-refractivity contribution >= 4 is 28.4 Å². The van der Waals surface area contributed by atoms with Crippen LogP contribution < -0.4 is 5.32 Å². The molecule has 0 radical (unpaired) electrons. The second kappa shape index (κ2) is 5.08. The largest absolute Gasteiger partial charge is 0.462 e. The van der Waals surface area contributed by atoms with Crippen LogP contribution >= 0.6 is 11.3 Å². The van der Waals surface area contributed by atoms with Gasteiger partial charge in [-0.15, -0.1) is 17.9 Å². The standard InChI is InChI=1S/C15H18N2O4S/c1-4-5-16-13-17-10(7-22-13)14(3)8-15(12(19)21-14)6-9(2)20-11(15)18/h4,7,9H,1,5-6,8H2,2-3H3,(H,16,17)/t9-,14-,15-/m1/s1. The Balaban J connectivity index is 1.86. The highest BCUT2D eigenvalue weighted by atomic mass is 32.1. The van der Waals surface area contributed by atoms with Gasteiger partial charge in [-0.1, -0.05) is 6.08 Å². The van der Waals surface area contributed by atoms with E-state index >= 15 is 0 Å². The van der Waals surface area contributed by atoms with Crippen LogP contribution in [0.5, 0.6) is 0 Å². The molecule has 7 heteroatoms. The molecule has 22 heavy (non-hydrogen) atoms. The number of cyclic esters (lactones) is 2. The Morgan fingerprint density at radius 2 is 2.32 bits per heavy atom. The normalized spacial score (nSPS) is 33.8. The Bertz CT molecular complexity index is 643. The number of hydrogen-bond donors (Lipinski definition) is 1. The quantitative estimate of drug-likeness (QED) is 0.520. The SMILES string of the molecule is C=CCNc1nc([C@@]2(C)C[C@@]3(C[C@@H](C)OC3=O)C(=O)O2)cs1. The zero-order valence-corrected chi connectivity index (χ0v) is 13.4. The van der Waals surface area contributed by atoms with Gasteiger partial charge in [0.15, 0.2) is 16.1 Å². The maximum atomic E-state index is 12.3. The molecule has 3 heterocycles. The first-order valence-corrected chi connectivity index (χ1v) is 8.03. The van der Waals surface area contributed by atoms with E-state index < -0.39 is 23.0 Å². The number of nitrogens with one attached hydrogen (secondary N) is 1. The lowest BCUT2D eigenvalue weighted by atomic mass is 9.78. The zero-order chi connectivity index (χ0) is 16.0. The van der Waals surface area contributed by atoms with Gasteiger partial charge in [-0.2, -0.15) is 0 Å².